The second-order valence-electron chi connectivity index (χ2n) is 10.2. The van der Waals surface area contributed by atoms with Gasteiger partial charge in [0.25, 0.3) is 0 Å². The molecule has 1 aromatic heterocycles. The molecular weight excluding hydrogens is 448 g/mol. The lowest BCUT2D eigenvalue weighted by Crippen LogP contribution is -2.41. The van der Waals surface area contributed by atoms with Crippen LogP contribution in [-0.2, 0) is 4.74 Å². The van der Waals surface area contributed by atoms with Crippen molar-refractivity contribution in [2.75, 3.05) is 10.2 Å². The van der Waals surface area contributed by atoms with Gasteiger partial charge in [-0.25, -0.2) is 4.79 Å². The van der Waals surface area contributed by atoms with Crippen LogP contribution in [0.2, 0.25) is 0 Å². The number of hydrogen-bond donors (Lipinski definition) is 1. The van der Waals surface area contributed by atoms with Crippen molar-refractivity contribution in [2.24, 2.45) is 5.92 Å². The number of fused-ring (bicyclic) bond motifs is 1. The van der Waals surface area contributed by atoms with Gasteiger partial charge in [0.1, 0.15) is 6.10 Å². The predicted octanol–water partition coefficient (Wildman–Crippen LogP) is 6.82. The highest BCUT2D eigenvalue weighted by molar-refractivity contribution is 5.84. The van der Waals surface area contributed by atoms with E-state index < -0.39 is 6.09 Å². The van der Waals surface area contributed by atoms with Gasteiger partial charge in [0, 0.05) is 29.2 Å². The Balaban J connectivity index is 1.28. The quantitative estimate of drug-likeness (QED) is 0.421. The smallest absolute Gasteiger partial charge is 0.411 e. The summed E-state index contributed by atoms with van der Waals surface area (Å²) in [4.78, 5) is 19.3. The second-order valence-corrected chi connectivity index (χ2v) is 10.2. The molecule has 2 saturated carbocycles. The summed E-state index contributed by atoms with van der Waals surface area (Å²) in [5.74, 6) is 0.238. The Morgan fingerprint density at radius 2 is 1.92 bits per heavy atom. The summed E-state index contributed by atoms with van der Waals surface area (Å²) < 4.78 is 5.50. The van der Waals surface area contributed by atoms with E-state index in [1.54, 1.807) is 0 Å². The fourth-order valence-corrected chi connectivity index (χ4v) is 5.53. The molecule has 2 aliphatic carbocycles. The maximum atomic E-state index is 12.3. The first-order valence-electron chi connectivity index (χ1n) is 12.9. The third kappa shape index (κ3) is 4.19. The van der Waals surface area contributed by atoms with Gasteiger partial charge in [0.05, 0.1) is 23.7 Å². The zero-order valence-electron chi connectivity index (χ0n) is 20.4. The average Bonchev–Trinajstić information content (AvgIpc) is 3.67. The molecule has 36 heavy (non-hydrogen) atoms. The number of rotatable bonds is 6. The van der Waals surface area contributed by atoms with Crippen molar-refractivity contribution in [1.29, 1.82) is 5.26 Å². The van der Waals surface area contributed by atoms with E-state index in [1.807, 2.05) is 55.6 Å². The lowest BCUT2D eigenvalue weighted by Gasteiger charge is -2.41. The van der Waals surface area contributed by atoms with Crippen molar-refractivity contribution in [2.45, 2.75) is 63.1 Å². The third-order valence-corrected chi connectivity index (χ3v) is 7.90. The number of amides is 1. The molecule has 3 aromatic rings. The highest BCUT2D eigenvalue weighted by Gasteiger charge is 2.44. The Morgan fingerprint density at radius 1 is 1.11 bits per heavy atom. The van der Waals surface area contributed by atoms with Crippen LogP contribution in [0.1, 0.15) is 62.1 Å². The number of nitrogens with one attached hydrogen (secondary N) is 1. The van der Waals surface area contributed by atoms with E-state index in [2.05, 4.69) is 39.5 Å². The van der Waals surface area contributed by atoms with Crippen molar-refractivity contribution in [3.63, 3.8) is 0 Å². The van der Waals surface area contributed by atoms with Crippen LogP contribution in [0.25, 0.3) is 11.3 Å². The molecule has 6 heteroatoms. The Kier molecular flexibility index (Phi) is 5.85. The van der Waals surface area contributed by atoms with Crippen LogP contribution in [0.3, 0.4) is 0 Å². The van der Waals surface area contributed by atoms with Gasteiger partial charge in [0.2, 0.25) is 0 Å². The summed E-state index contributed by atoms with van der Waals surface area (Å²) in [7, 11) is 0. The molecule has 0 saturated heterocycles. The largest absolute Gasteiger partial charge is 0.446 e. The van der Waals surface area contributed by atoms with Crippen LogP contribution >= 0.6 is 0 Å². The van der Waals surface area contributed by atoms with E-state index in [4.69, 9.17) is 4.74 Å². The standard InChI is InChI=1S/C30H30N4O2/c1-19(20-8-9-20)36-30(35)33-23-13-10-21(11-14-23)29-26(18-31)25-15-12-22(27-7-2-3-16-32-27)17-28(25)34(29)24-5-4-6-24/h2-3,7,10-17,19-20,24,26,29H,4-6,8-9H2,1H3,(H,33,35)/t19-,26?,29?/m1/s1. The fourth-order valence-electron chi connectivity index (χ4n) is 5.53. The molecule has 0 spiro atoms. The van der Waals surface area contributed by atoms with Crippen LogP contribution in [-0.4, -0.2) is 23.2 Å². The van der Waals surface area contributed by atoms with Crippen molar-refractivity contribution in [3.05, 3.63) is 78.0 Å². The maximum Gasteiger partial charge on any atom is 0.411 e. The zero-order chi connectivity index (χ0) is 24.6. The summed E-state index contributed by atoms with van der Waals surface area (Å²) in [5, 5.41) is 13.1. The van der Waals surface area contributed by atoms with Crippen LogP contribution in [0.15, 0.2) is 66.9 Å². The van der Waals surface area contributed by atoms with Crippen LogP contribution in [0.5, 0.6) is 0 Å². The number of hydrogen-bond acceptors (Lipinski definition) is 5. The van der Waals surface area contributed by atoms with Crippen molar-refractivity contribution < 1.29 is 9.53 Å². The first kappa shape index (κ1) is 22.6. The summed E-state index contributed by atoms with van der Waals surface area (Å²) in [6.07, 6.45) is 7.09. The zero-order valence-corrected chi connectivity index (χ0v) is 20.4. The first-order chi connectivity index (χ1) is 17.6. The van der Waals surface area contributed by atoms with E-state index in [0.29, 0.717) is 17.6 Å². The number of ether oxygens (including phenoxy) is 1. The lowest BCUT2D eigenvalue weighted by atomic mass is 9.87. The number of benzene rings is 2. The topological polar surface area (TPSA) is 78.2 Å². The van der Waals surface area contributed by atoms with Crippen molar-refractivity contribution in [3.8, 4) is 17.3 Å². The molecule has 1 N–H and O–H groups in total. The third-order valence-electron chi connectivity index (χ3n) is 7.90. The Bertz CT molecular complexity index is 1290. The number of aromatic nitrogens is 1. The van der Waals surface area contributed by atoms with Gasteiger partial charge in [-0.05, 0) is 86.4 Å². The number of nitrogens with zero attached hydrogens (tertiary/aromatic N) is 3. The van der Waals surface area contributed by atoms with Crippen LogP contribution in [0, 0.1) is 17.2 Å². The fraction of sp³-hybridized carbons (Fsp3) is 0.367. The molecule has 2 unspecified atom stereocenters. The summed E-state index contributed by atoms with van der Waals surface area (Å²) in [6.45, 7) is 1.95. The molecule has 1 amide bonds. The lowest BCUT2D eigenvalue weighted by molar-refractivity contribution is 0.108. The molecule has 2 fully saturated rings. The minimum absolute atomic E-state index is 0.0512. The molecule has 3 atom stereocenters. The first-order valence-corrected chi connectivity index (χ1v) is 12.9. The Morgan fingerprint density at radius 3 is 2.56 bits per heavy atom. The number of carbonyl (C=O) groups is 1. The van der Waals surface area contributed by atoms with Gasteiger partial charge >= 0.3 is 6.09 Å². The van der Waals surface area contributed by atoms with Crippen molar-refractivity contribution in [1.82, 2.24) is 4.98 Å². The predicted molar refractivity (Wildman–Crippen MR) is 140 cm³/mol. The Hall–Kier alpha value is -3.85. The minimum Gasteiger partial charge on any atom is -0.446 e. The summed E-state index contributed by atoms with van der Waals surface area (Å²) in [5.41, 5.74) is 5.99. The van der Waals surface area contributed by atoms with Gasteiger partial charge in [-0.2, -0.15) is 5.26 Å². The maximum absolute atomic E-state index is 12.3. The van der Waals surface area contributed by atoms with Crippen molar-refractivity contribution >= 4 is 17.5 Å². The molecule has 0 radical (unpaired) electrons. The number of carbonyl (C=O) groups excluding carboxylic acids is 1. The molecule has 0 bridgehead atoms. The minimum atomic E-state index is -0.413. The molecule has 2 aromatic carbocycles. The van der Waals surface area contributed by atoms with Crippen LogP contribution in [0.4, 0.5) is 16.2 Å². The molecule has 1 aliphatic heterocycles. The molecule has 6 nitrogen and oxygen atoms in total. The normalized spacial score (nSPS) is 21.7. The summed E-state index contributed by atoms with van der Waals surface area (Å²) >= 11 is 0. The molecule has 182 valence electrons. The molecule has 2 heterocycles. The van der Waals surface area contributed by atoms with E-state index in [9.17, 15) is 10.1 Å². The van der Waals surface area contributed by atoms with Gasteiger partial charge in [0.15, 0.2) is 0 Å². The molecule has 3 aliphatic rings. The van der Waals surface area contributed by atoms with E-state index in [0.717, 1.165) is 53.8 Å². The number of pyridine rings is 1. The molecular formula is C30H30N4O2. The van der Waals surface area contributed by atoms with Gasteiger partial charge in [-0.15, -0.1) is 0 Å². The highest BCUT2D eigenvalue weighted by Crippen LogP contribution is 2.53. The van der Waals surface area contributed by atoms with Crippen LogP contribution < -0.4 is 10.2 Å². The number of anilines is 2. The average molecular weight is 479 g/mol. The van der Waals surface area contributed by atoms with Gasteiger partial charge in [-0.3, -0.25) is 10.3 Å². The highest BCUT2D eigenvalue weighted by atomic mass is 16.6. The SMILES string of the molecule is C[C@@H](OC(=O)Nc1ccc(C2C(C#N)c3ccc(-c4ccccn4)cc3N2C2CCC2)cc1)C1CC1. The second kappa shape index (κ2) is 9.31. The number of nitriles is 1. The monoisotopic (exact) mass is 478 g/mol. The van der Waals surface area contributed by atoms with E-state index in [1.165, 1.54) is 6.42 Å². The van der Waals surface area contributed by atoms with Gasteiger partial charge in [-0.1, -0.05) is 30.3 Å². The van der Waals surface area contributed by atoms with E-state index >= 15 is 0 Å². The van der Waals surface area contributed by atoms with Gasteiger partial charge < -0.3 is 9.64 Å². The summed E-state index contributed by atoms with van der Waals surface area (Å²) in [6, 6.07) is 23.2. The van der Waals surface area contributed by atoms with E-state index in [-0.39, 0.29) is 18.1 Å². The Labute approximate surface area is 211 Å². The molecule has 6 rings (SSSR count).